The summed E-state index contributed by atoms with van der Waals surface area (Å²) < 4.78 is 2.51. The summed E-state index contributed by atoms with van der Waals surface area (Å²) >= 11 is 3.44. The number of para-hydroxylation sites is 1. The molecule has 4 nitrogen and oxygen atoms in total. The topological polar surface area (TPSA) is 34.2 Å². The number of halogens is 1. The normalized spacial score (nSPS) is 15.2. The smallest absolute Gasteiger partial charge is 0.312 e. The molecule has 0 spiro atoms. The average Bonchev–Trinajstić information content (AvgIpc) is 2.66. The lowest BCUT2D eigenvalue weighted by molar-refractivity contribution is 0.574. The van der Waals surface area contributed by atoms with E-state index in [1.54, 1.807) is 4.68 Å². The Morgan fingerprint density at radius 1 is 1.39 bits per heavy atom. The zero-order valence-electron chi connectivity index (χ0n) is 10.0. The van der Waals surface area contributed by atoms with Crippen LogP contribution in [0, 0.1) is 6.57 Å². The van der Waals surface area contributed by atoms with Crippen LogP contribution in [0.15, 0.2) is 28.7 Å². The summed E-state index contributed by atoms with van der Waals surface area (Å²) in [4.78, 5) is 3.43. The summed E-state index contributed by atoms with van der Waals surface area (Å²) in [5.41, 5.74) is 2.00. The molecular weight excluding hydrogens is 292 g/mol. The monoisotopic (exact) mass is 302 g/mol. The highest BCUT2D eigenvalue weighted by molar-refractivity contribution is 9.10. The molecule has 5 heteroatoms. The van der Waals surface area contributed by atoms with Gasteiger partial charge >= 0.3 is 5.82 Å². The van der Waals surface area contributed by atoms with Crippen molar-refractivity contribution in [3.05, 3.63) is 45.7 Å². The van der Waals surface area contributed by atoms with E-state index in [0.29, 0.717) is 5.82 Å². The van der Waals surface area contributed by atoms with Gasteiger partial charge in [0.1, 0.15) is 0 Å². The van der Waals surface area contributed by atoms with Crippen molar-refractivity contribution in [3.8, 4) is 5.69 Å². The van der Waals surface area contributed by atoms with E-state index < -0.39 is 0 Å². The molecule has 0 fully saturated rings. The van der Waals surface area contributed by atoms with Gasteiger partial charge in [0.2, 0.25) is 0 Å². The number of rotatable bonds is 0. The lowest BCUT2D eigenvalue weighted by atomic mass is 9.91. The predicted octanol–water partition coefficient (Wildman–Crippen LogP) is 3.85. The van der Waals surface area contributed by atoms with E-state index >= 15 is 0 Å². The Kier molecular flexibility index (Phi) is 2.26. The zero-order valence-corrected chi connectivity index (χ0v) is 11.6. The molecular formula is C13H11BrN4. The second-order valence-corrected chi connectivity index (χ2v) is 5.57. The van der Waals surface area contributed by atoms with Gasteiger partial charge in [-0.25, -0.2) is 0 Å². The summed E-state index contributed by atoms with van der Waals surface area (Å²) in [6.07, 6.45) is 0. The van der Waals surface area contributed by atoms with E-state index in [-0.39, 0.29) is 5.54 Å². The van der Waals surface area contributed by atoms with Crippen molar-refractivity contribution >= 4 is 27.6 Å². The maximum absolute atomic E-state index is 7.14. The standard InChI is InChI=1S/C13H11BrN4/c1-13(2)8-6-4-5-7-9(8)18-12(16-13)10(14)11(15-3)17-18/h4-7,16H,1-2H3. The Morgan fingerprint density at radius 2 is 2.11 bits per heavy atom. The Hall–Kier alpha value is -1.80. The summed E-state index contributed by atoms with van der Waals surface area (Å²) in [6.45, 7) is 11.4. The number of hydrogen-bond acceptors (Lipinski definition) is 2. The fraction of sp³-hybridized carbons (Fsp3) is 0.231. The third kappa shape index (κ3) is 1.39. The Morgan fingerprint density at radius 3 is 2.83 bits per heavy atom. The lowest BCUT2D eigenvalue weighted by Gasteiger charge is -2.33. The zero-order chi connectivity index (χ0) is 12.9. The van der Waals surface area contributed by atoms with Gasteiger partial charge in [-0.3, -0.25) is 0 Å². The third-order valence-electron chi connectivity index (χ3n) is 3.15. The lowest BCUT2D eigenvalue weighted by Crippen LogP contribution is -2.34. The molecule has 2 aromatic rings. The van der Waals surface area contributed by atoms with Crippen LogP contribution in [-0.4, -0.2) is 9.78 Å². The van der Waals surface area contributed by atoms with Gasteiger partial charge in [0, 0.05) is 5.56 Å². The first-order valence-corrected chi connectivity index (χ1v) is 6.38. The van der Waals surface area contributed by atoms with E-state index in [1.807, 2.05) is 18.2 Å². The van der Waals surface area contributed by atoms with Crippen molar-refractivity contribution in [1.29, 1.82) is 0 Å². The highest BCUT2D eigenvalue weighted by atomic mass is 79.9. The predicted molar refractivity (Wildman–Crippen MR) is 74.2 cm³/mol. The number of aromatic nitrogens is 2. The largest absolute Gasteiger partial charge is 0.360 e. The van der Waals surface area contributed by atoms with Gasteiger partial charge in [-0.05, 0) is 25.0 Å². The van der Waals surface area contributed by atoms with Crippen LogP contribution < -0.4 is 5.32 Å². The molecule has 1 aliphatic heterocycles. The Bertz CT molecular complexity index is 679. The first-order chi connectivity index (χ1) is 8.54. The fourth-order valence-corrected chi connectivity index (χ4v) is 2.73. The van der Waals surface area contributed by atoms with Gasteiger partial charge in [0.25, 0.3) is 0 Å². The number of hydrogen-bond donors (Lipinski definition) is 1. The molecule has 1 aromatic carbocycles. The quantitative estimate of drug-likeness (QED) is 0.750. The molecule has 0 unspecified atom stereocenters. The average molecular weight is 303 g/mol. The first kappa shape index (κ1) is 11.3. The summed E-state index contributed by atoms with van der Waals surface area (Å²) in [5.74, 6) is 1.22. The molecule has 0 aliphatic carbocycles. The minimum absolute atomic E-state index is 0.186. The Balaban J connectivity index is 2.35. The highest BCUT2D eigenvalue weighted by Crippen LogP contribution is 2.43. The number of anilines is 1. The van der Waals surface area contributed by atoms with Gasteiger partial charge < -0.3 is 10.2 Å². The van der Waals surface area contributed by atoms with Crippen LogP contribution in [0.1, 0.15) is 19.4 Å². The number of benzene rings is 1. The fourth-order valence-electron chi connectivity index (χ4n) is 2.29. The van der Waals surface area contributed by atoms with Crippen LogP contribution in [0.4, 0.5) is 11.6 Å². The molecule has 1 aliphatic rings. The van der Waals surface area contributed by atoms with Crippen molar-refractivity contribution in [2.45, 2.75) is 19.4 Å². The van der Waals surface area contributed by atoms with Gasteiger partial charge in [-0.15, -0.1) is 4.68 Å². The second kappa shape index (κ2) is 3.59. The van der Waals surface area contributed by atoms with E-state index in [2.05, 4.69) is 51.1 Å². The molecule has 90 valence electrons. The Labute approximate surface area is 114 Å². The SMILES string of the molecule is [C-]#[N+]c1nn2c(c1Br)NC(C)(C)c1ccccc1-2. The minimum atomic E-state index is -0.186. The molecule has 3 rings (SSSR count). The minimum Gasteiger partial charge on any atom is -0.360 e. The second-order valence-electron chi connectivity index (χ2n) is 4.78. The van der Waals surface area contributed by atoms with E-state index in [9.17, 15) is 0 Å². The number of nitrogens with zero attached hydrogens (tertiary/aromatic N) is 3. The molecule has 1 N–H and O–H groups in total. The van der Waals surface area contributed by atoms with Crippen LogP contribution in [0.2, 0.25) is 0 Å². The van der Waals surface area contributed by atoms with Crippen LogP contribution >= 0.6 is 15.9 Å². The van der Waals surface area contributed by atoms with E-state index in [1.165, 1.54) is 5.56 Å². The van der Waals surface area contributed by atoms with Crippen molar-refractivity contribution in [2.24, 2.45) is 0 Å². The van der Waals surface area contributed by atoms with Crippen LogP contribution in [0.5, 0.6) is 0 Å². The summed E-state index contributed by atoms with van der Waals surface area (Å²) in [6, 6.07) is 8.10. The van der Waals surface area contributed by atoms with Crippen LogP contribution in [0.25, 0.3) is 10.5 Å². The summed E-state index contributed by atoms with van der Waals surface area (Å²) in [7, 11) is 0. The molecule has 0 bridgehead atoms. The first-order valence-electron chi connectivity index (χ1n) is 5.58. The number of fused-ring (bicyclic) bond motifs is 3. The van der Waals surface area contributed by atoms with Gasteiger partial charge in [0.15, 0.2) is 5.82 Å². The maximum Gasteiger partial charge on any atom is 0.312 e. The molecule has 0 amide bonds. The maximum atomic E-state index is 7.14. The van der Waals surface area contributed by atoms with Gasteiger partial charge in [-0.2, -0.15) is 0 Å². The van der Waals surface area contributed by atoms with Gasteiger partial charge in [-0.1, -0.05) is 40.7 Å². The van der Waals surface area contributed by atoms with E-state index in [4.69, 9.17) is 6.57 Å². The van der Waals surface area contributed by atoms with Crippen molar-refractivity contribution < 1.29 is 0 Å². The molecule has 0 radical (unpaired) electrons. The van der Waals surface area contributed by atoms with Crippen molar-refractivity contribution in [1.82, 2.24) is 9.78 Å². The third-order valence-corrected chi connectivity index (χ3v) is 3.88. The molecule has 0 atom stereocenters. The molecule has 2 heterocycles. The van der Waals surface area contributed by atoms with Crippen LogP contribution in [-0.2, 0) is 5.54 Å². The molecule has 1 aromatic heterocycles. The molecule has 18 heavy (non-hydrogen) atoms. The molecule has 0 saturated carbocycles. The highest BCUT2D eigenvalue weighted by Gasteiger charge is 2.34. The van der Waals surface area contributed by atoms with Crippen LogP contribution in [0.3, 0.4) is 0 Å². The van der Waals surface area contributed by atoms with Crippen molar-refractivity contribution in [3.63, 3.8) is 0 Å². The summed E-state index contributed by atoms with van der Waals surface area (Å²) in [5, 5.41) is 7.75. The molecule has 0 saturated heterocycles. The number of nitrogens with one attached hydrogen (secondary N) is 1. The van der Waals surface area contributed by atoms with Crippen molar-refractivity contribution in [2.75, 3.05) is 5.32 Å². The van der Waals surface area contributed by atoms with E-state index in [0.717, 1.165) is 16.0 Å². The van der Waals surface area contributed by atoms with Gasteiger partial charge in [0.05, 0.1) is 15.7 Å².